The Bertz CT molecular complexity index is 2180. The van der Waals surface area contributed by atoms with Crippen LogP contribution >= 0.6 is 0 Å². The lowest BCUT2D eigenvalue weighted by molar-refractivity contribution is -0.747. The molecule has 5 aromatic rings. The Morgan fingerprint density at radius 1 is 0.680 bits per heavy atom. The van der Waals surface area contributed by atoms with Crippen LogP contribution in [0.15, 0.2) is 66.9 Å². The van der Waals surface area contributed by atoms with Gasteiger partial charge in [-0.3, -0.25) is 0 Å². The van der Waals surface area contributed by atoms with Crippen LogP contribution in [0.5, 0.6) is 0 Å². The first-order valence-corrected chi connectivity index (χ1v) is 20.4. The van der Waals surface area contributed by atoms with Crippen molar-refractivity contribution in [3.8, 4) is 11.3 Å². The van der Waals surface area contributed by atoms with E-state index in [2.05, 4.69) is 138 Å². The summed E-state index contributed by atoms with van der Waals surface area (Å²) in [5.74, 6) is 3.22. The smallest absolute Gasteiger partial charge is 0.223 e. The molecule has 2 nitrogen and oxygen atoms in total. The van der Waals surface area contributed by atoms with Crippen LogP contribution in [-0.2, 0) is 5.54 Å². The lowest BCUT2D eigenvalue weighted by Gasteiger charge is -2.42. The van der Waals surface area contributed by atoms with Crippen molar-refractivity contribution < 1.29 is 4.57 Å². The third kappa shape index (κ3) is 3.38. The Morgan fingerprint density at radius 3 is 1.76 bits per heavy atom. The van der Waals surface area contributed by atoms with Crippen molar-refractivity contribution in [3.63, 3.8) is 0 Å². The van der Waals surface area contributed by atoms with E-state index in [-0.39, 0.29) is 5.54 Å². The topological polar surface area (TPSA) is 8.29 Å². The highest BCUT2D eigenvalue weighted by molar-refractivity contribution is 6.13. The molecule has 0 saturated heterocycles. The van der Waals surface area contributed by atoms with Gasteiger partial charge in [0.05, 0.1) is 5.39 Å². The summed E-state index contributed by atoms with van der Waals surface area (Å²) in [6.45, 7) is 23.2. The van der Waals surface area contributed by atoms with E-state index in [0.29, 0.717) is 39.4 Å². The number of fused-ring (bicyclic) bond motifs is 7. The monoisotopic (exact) mass is 663 g/mol. The lowest BCUT2D eigenvalue weighted by atomic mass is 9.62. The van der Waals surface area contributed by atoms with Crippen molar-refractivity contribution in [1.82, 2.24) is 4.40 Å². The lowest BCUT2D eigenvalue weighted by Crippen LogP contribution is -2.59. The molecular weight excluding hydrogens is 605 g/mol. The van der Waals surface area contributed by atoms with Gasteiger partial charge in [0.1, 0.15) is 17.3 Å². The summed E-state index contributed by atoms with van der Waals surface area (Å²) in [6, 6.07) is 24.2. The van der Waals surface area contributed by atoms with Crippen LogP contribution in [0.2, 0.25) is 0 Å². The molecule has 1 aliphatic heterocycles. The Hall–Kier alpha value is -3.13. The fraction of sp³-hybridized carbons (Fsp3) is 0.562. The molecule has 0 amide bonds. The first-order valence-electron chi connectivity index (χ1n) is 20.4. The van der Waals surface area contributed by atoms with Gasteiger partial charge in [-0.05, 0) is 119 Å². The summed E-state index contributed by atoms with van der Waals surface area (Å²) in [5.41, 5.74) is 12.0. The standard InChI is InChI=1S/C48H59N2/c1-10-48(11-2)29(3)32-17-14-18-34-33-16-12-13-21-39(33)50-40(28-49(48)43(50)42(32)34)41-35(37-26-30-22-24-46(37,8)44(30,4)5)19-15-20-36(41)38-27-31-23-25-47(38,9)45(31,6)7/h12-21,28-31,37-38H,10-11,22-27H2,1-9H3/q+1. The van der Waals surface area contributed by atoms with E-state index in [4.69, 9.17) is 0 Å². The fourth-order valence-corrected chi connectivity index (χ4v) is 14.3. The third-order valence-corrected chi connectivity index (χ3v) is 18.4. The molecule has 260 valence electrons. The molecule has 10 rings (SSSR count). The van der Waals surface area contributed by atoms with Gasteiger partial charge in [0.2, 0.25) is 0 Å². The molecule has 0 N–H and O–H groups in total. The van der Waals surface area contributed by atoms with Gasteiger partial charge in [-0.1, -0.05) is 117 Å². The molecule has 4 bridgehead atoms. The maximum atomic E-state index is 2.81. The number of rotatable bonds is 5. The Balaban J connectivity index is 1.37. The average molecular weight is 664 g/mol. The van der Waals surface area contributed by atoms with E-state index in [9.17, 15) is 0 Å². The molecule has 4 aliphatic carbocycles. The Kier molecular flexibility index (Phi) is 6.22. The third-order valence-electron chi connectivity index (χ3n) is 18.4. The molecule has 5 aliphatic rings. The summed E-state index contributed by atoms with van der Waals surface area (Å²) >= 11 is 0. The van der Waals surface area contributed by atoms with Gasteiger partial charge in [-0.15, -0.1) is 0 Å². The maximum absolute atomic E-state index is 2.81. The predicted molar refractivity (Wildman–Crippen MR) is 209 cm³/mol. The molecule has 7 unspecified atom stereocenters. The van der Waals surface area contributed by atoms with Crippen molar-refractivity contribution in [2.75, 3.05) is 0 Å². The molecule has 50 heavy (non-hydrogen) atoms. The van der Waals surface area contributed by atoms with Crippen LogP contribution in [0.4, 0.5) is 0 Å². The molecule has 4 fully saturated rings. The minimum Gasteiger partial charge on any atom is -0.223 e. The molecular formula is C48H59N2+. The largest absolute Gasteiger partial charge is 0.296 e. The zero-order valence-corrected chi connectivity index (χ0v) is 32.3. The number of imidazole rings is 1. The molecule has 2 heteroatoms. The predicted octanol–water partition coefficient (Wildman–Crippen LogP) is 12.7. The van der Waals surface area contributed by atoms with Crippen LogP contribution in [0.25, 0.3) is 38.6 Å². The summed E-state index contributed by atoms with van der Waals surface area (Å²) in [4.78, 5) is 0. The van der Waals surface area contributed by atoms with Gasteiger partial charge in [0, 0.05) is 22.3 Å². The van der Waals surface area contributed by atoms with Crippen LogP contribution < -0.4 is 4.57 Å². The number of hydrogen-bond acceptors (Lipinski definition) is 0. The van der Waals surface area contributed by atoms with Gasteiger partial charge < -0.3 is 0 Å². The summed E-state index contributed by atoms with van der Waals surface area (Å²) in [5, 5.41) is 4.27. The molecule has 3 aromatic carbocycles. The zero-order chi connectivity index (χ0) is 34.7. The van der Waals surface area contributed by atoms with E-state index >= 15 is 0 Å². The van der Waals surface area contributed by atoms with Gasteiger partial charge in [0.25, 0.3) is 5.65 Å². The summed E-state index contributed by atoms with van der Waals surface area (Å²) < 4.78 is 5.59. The molecule has 2 aromatic heterocycles. The highest BCUT2D eigenvalue weighted by atomic mass is 15.2. The summed E-state index contributed by atoms with van der Waals surface area (Å²) in [6.07, 6.45) is 13.1. The molecule has 4 saturated carbocycles. The fourth-order valence-electron chi connectivity index (χ4n) is 14.3. The molecule has 0 spiro atoms. The van der Waals surface area contributed by atoms with E-state index < -0.39 is 0 Å². The number of hydrogen-bond donors (Lipinski definition) is 0. The first kappa shape index (κ1) is 31.6. The van der Waals surface area contributed by atoms with Crippen molar-refractivity contribution in [1.29, 1.82) is 0 Å². The van der Waals surface area contributed by atoms with Crippen molar-refractivity contribution in [2.24, 2.45) is 33.5 Å². The molecule has 3 heterocycles. The number of para-hydroxylation sites is 1. The van der Waals surface area contributed by atoms with Crippen LogP contribution in [0.3, 0.4) is 0 Å². The van der Waals surface area contributed by atoms with Gasteiger partial charge in [0.15, 0.2) is 5.69 Å². The Labute approximate surface area is 300 Å². The highest BCUT2D eigenvalue weighted by Crippen LogP contribution is 2.74. The van der Waals surface area contributed by atoms with Crippen molar-refractivity contribution in [3.05, 3.63) is 83.6 Å². The normalized spacial score (nSPS) is 34.2. The quantitative estimate of drug-likeness (QED) is 0.131. The van der Waals surface area contributed by atoms with Gasteiger partial charge in [-0.25, -0.2) is 4.57 Å². The van der Waals surface area contributed by atoms with E-state index in [0.717, 1.165) is 24.7 Å². The highest BCUT2D eigenvalue weighted by Gasteiger charge is 2.64. The summed E-state index contributed by atoms with van der Waals surface area (Å²) in [7, 11) is 0. The van der Waals surface area contributed by atoms with E-state index in [1.165, 1.54) is 77.1 Å². The SMILES string of the molecule is CCC1(CC)C(C)c2cccc3c4ccccc4n4c(-c5c(C6CC7CCC6(C)C7(C)C)cccc5C5CC6CCC5(C)C6(C)C)c[n+]1c4c23. The van der Waals surface area contributed by atoms with E-state index in [1.54, 1.807) is 16.7 Å². The van der Waals surface area contributed by atoms with Gasteiger partial charge in [-0.2, -0.15) is 4.40 Å². The van der Waals surface area contributed by atoms with Crippen LogP contribution in [0.1, 0.15) is 148 Å². The number of nitrogens with zero attached hydrogens (tertiary/aromatic N) is 2. The number of benzene rings is 3. The maximum Gasteiger partial charge on any atom is 0.296 e. The zero-order valence-electron chi connectivity index (χ0n) is 32.3. The Morgan fingerprint density at radius 2 is 1.22 bits per heavy atom. The van der Waals surface area contributed by atoms with Crippen molar-refractivity contribution >= 4 is 27.3 Å². The second kappa shape index (κ2) is 9.84. The van der Waals surface area contributed by atoms with E-state index in [1.807, 2.05) is 0 Å². The minimum atomic E-state index is 0.0309. The van der Waals surface area contributed by atoms with Gasteiger partial charge >= 0.3 is 0 Å². The van der Waals surface area contributed by atoms with Crippen LogP contribution in [0, 0.1) is 33.5 Å². The number of pyridine rings is 1. The van der Waals surface area contributed by atoms with Crippen molar-refractivity contribution in [2.45, 2.75) is 137 Å². The average Bonchev–Trinajstić information content (AvgIpc) is 3.80. The first-order chi connectivity index (χ1) is 23.9. The molecule has 7 atom stereocenters. The number of aromatic nitrogens is 2. The second-order valence-electron chi connectivity index (χ2n) is 19.5. The molecule has 0 radical (unpaired) electrons. The minimum absolute atomic E-state index is 0.0309. The van der Waals surface area contributed by atoms with Crippen LogP contribution in [-0.4, -0.2) is 4.40 Å². The second-order valence-corrected chi connectivity index (χ2v) is 19.5.